The minimum Gasteiger partial charge on any atom is -0.449 e. The molecule has 1 N–H and O–H groups in total. The van der Waals surface area contributed by atoms with Gasteiger partial charge in [-0.2, -0.15) is 26.3 Å². The van der Waals surface area contributed by atoms with Gasteiger partial charge in [-0.1, -0.05) is 59.8 Å². The second-order valence-corrected chi connectivity index (χ2v) is 8.18. The first-order valence-corrected chi connectivity index (χ1v) is 11.4. The molecule has 0 saturated heterocycles. The van der Waals surface area contributed by atoms with Crippen molar-refractivity contribution < 1.29 is 35.9 Å². The number of ether oxygens (including phenoxy) is 1. The lowest BCUT2D eigenvalue weighted by molar-refractivity contribution is -0.204. The Labute approximate surface area is 204 Å². The summed E-state index contributed by atoms with van der Waals surface area (Å²) in [4.78, 5) is 19.9. The van der Waals surface area contributed by atoms with Crippen molar-refractivity contribution in [2.45, 2.75) is 23.6 Å². The van der Waals surface area contributed by atoms with E-state index in [1.54, 1.807) is 24.5 Å². The van der Waals surface area contributed by atoms with Crippen LogP contribution in [-0.4, -0.2) is 34.9 Å². The summed E-state index contributed by atoms with van der Waals surface area (Å²) in [7, 11) is 0. The van der Waals surface area contributed by atoms with Crippen molar-refractivity contribution >= 4 is 35.1 Å². The van der Waals surface area contributed by atoms with Crippen molar-refractivity contribution in [1.29, 1.82) is 0 Å². The number of halogens is 7. The molecule has 0 saturated carbocycles. The van der Waals surface area contributed by atoms with Crippen LogP contribution in [0.5, 0.6) is 0 Å². The maximum absolute atomic E-state index is 13.0. The topological polar surface area (TPSA) is 64.1 Å². The fourth-order valence-electron chi connectivity index (χ4n) is 2.95. The molecule has 0 amide bonds. The van der Waals surface area contributed by atoms with Gasteiger partial charge in [0.15, 0.2) is 5.16 Å². The molecule has 5 nitrogen and oxygen atoms in total. The van der Waals surface area contributed by atoms with Gasteiger partial charge >= 0.3 is 18.3 Å². The number of carbonyl (C=O) groups is 1. The summed E-state index contributed by atoms with van der Waals surface area (Å²) in [6.07, 6.45) is -9.44. The minimum absolute atomic E-state index is 0.152. The Kier molecular flexibility index (Phi) is 8.16. The molecule has 3 rings (SSSR count). The van der Waals surface area contributed by atoms with Crippen molar-refractivity contribution in [1.82, 2.24) is 9.97 Å². The van der Waals surface area contributed by atoms with Crippen molar-refractivity contribution in [3.8, 4) is 11.3 Å². The third kappa shape index (κ3) is 7.01. The summed E-state index contributed by atoms with van der Waals surface area (Å²) in [6.45, 7) is -0.274. The largest absolute Gasteiger partial charge is 0.490 e. The summed E-state index contributed by atoms with van der Waals surface area (Å²) in [5.74, 6) is -2.19. The number of carbonyl (C=O) groups excluding carboxylic acids is 1. The maximum Gasteiger partial charge on any atom is 0.490 e. The van der Waals surface area contributed by atoms with Crippen LogP contribution in [0.1, 0.15) is 17.2 Å². The standard InChI is InChI=1S/C22H16ClF6N3O2S/c1-35-20-31-16(13-7-8-14(15(23)9-13)21(24,25)26)10-18(32-20)30-11-17(12-5-3-2-4-6-12)34-19(33)22(27,28)29/h2-10,17H,11H2,1H3,(H,30,31,32)/t17-/m0/s1. The number of hydrogen-bond donors (Lipinski definition) is 1. The highest BCUT2D eigenvalue weighted by Gasteiger charge is 2.42. The monoisotopic (exact) mass is 535 g/mol. The lowest BCUT2D eigenvalue weighted by atomic mass is 10.1. The van der Waals surface area contributed by atoms with Gasteiger partial charge in [-0.25, -0.2) is 14.8 Å². The van der Waals surface area contributed by atoms with E-state index in [4.69, 9.17) is 11.6 Å². The molecule has 3 aromatic rings. The van der Waals surface area contributed by atoms with Gasteiger partial charge in [0.05, 0.1) is 22.8 Å². The van der Waals surface area contributed by atoms with Crippen LogP contribution < -0.4 is 5.32 Å². The Morgan fingerprint density at radius 3 is 2.31 bits per heavy atom. The van der Waals surface area contributed by atoms with Gasteiger partial charge in [0.25, 0.3) is 0 Å². The van der Waals surface area contributed by atoms with E-state index in [2.05, 4.69) is 20.0 Å². The van der Waals surface area contributed by atoms with Gasteiger partial charge in [-0.15, -0.1) is 0 Å². The molecule has 0 radical (unpaired) electrons. The van der Waals surface area contributed by atoms with Gasteiger partial charge in [-0.05, 0) is 24.0 Å². The van der Waals surface area contributed by atoms with Gasteiger partial charge in [0.1, 0.15) is 11.9 Å². The van der Waals surface area contributed by atoms with Gasteiger partial charge < -0.3 is 10.1 Å². The molecule has 0 unspecified atom stereocenters. The number of alkyl halides is 6. The zero-order valence-corrected chi connectivity index (χ0v) is 19.3. The predicted molar refractivity (Wildman–Crippen MR) is 119 cm³/mol. The van der Waals surface area contributed by atoms with Crippen LogP contribution in [0.4, 0.5) is 32.2 Å². The van der Waals surface area contributed by atoms with E-state index < -0.39 is 35.0 Å². The normalized spacial score (nSPS) is 12.8. The second kappa shape index (κ2) is 10.7. The molecule has 0 aliphatic heterocycles. The summed E-state index contributed by atoms with van der Waals surface area (Å²) < 4.78 is 82.0. The zero-order valence-electron chi connectivity index (χ0n) is 17.7. The van der Waals surface area contributed by atoms with E-state index >= 15 is 0 Å². The van der Waals surface area contributed by atoms with Crippen LogP contribution in [0.15, 0.2) is 59.8 Å². The highest BCUT2D eigenvalue weighted by Crippen LogP contribution is 2.37. The number of esters is 1. The molecular weight excluding hydrogens is 520 g/mol. The Morgan fingerprint density at radius 1 is 1.06 bits per heavy atom. The highest BCUT2D eigenvalue weighted by molar-refractivity contribution is 7.98. The van der Waals surface area contributed by atoms with E-state index in [9.17, 15) is 31.1 Å². The van der Waals surface area contributed by atoms with Gasteiger partial charge in [-0.3, -0.25) is 0 Å². The van der Waals surface area contributed by atoms with E-state index in [0.29, 0.717) is 5.56 Å². The van der Waals surface area contributed by atoms with Crippen LogP contribution in [0.25, 0.3) is 11.3 Å². The van der Waals surface area contributed by atoms with Crippen molar-refractivity contribution in [2.75, 3.05) is 18.1 Å². The molecule has 35 heavy (non-hydrogen) atoms. The fourth-order valence-corrected chi connectivity index (χ4v) is 3.61. The molecule has 0 bridgehead atoms. The molecule has 1 heterocycles. The lowest BCUT2D eigenvalue weighted by Crippen LogP contribution is -2.29. The third-order valence-electron chi connectivity index (χ3n) is 4.58. The van der Waals surface area contributed by atoms with E-state index in [0.717, 1.165) is 23.9 Å². The number of aromatic nitrogens is 2. The Morgan fingerprint density at radius 2 is 1.74 bits per heavy atom. The molecule has 0 aliphatic carbocycles. The SMILES string of the molecule is CSc1nc(NC[C@H](OC(=O)C(F)(F)F)c2ccccc2)cc(-c2ccc(C(F)(F)F)c(Cl)c2)n1. The number of nitrogens with zero attached hydrogens (tertiary/aromatic N) is 2. The lowest BCUT2D eigenvalue weighted by Gasteiger charge is -2.20. The molecule has 2 aromatic carbocycles. The van der Waals surface area contributed by atoms with Crippen molar-refractivity contribution in [2.24, 2.45) is 0 Å². The number of anilines is 1. The van der Waals surface area contributed by atoms with Crippen molar-refractivity contribution in [3.05, 3.63) is 70.7 Å². The Balaban J connectivity index is 1.88. The summed E-state index contributed by atoms with van der Waals surface area (Å²) in [6, 6.07) is 12.3. The average Bonchev–Trinajstić information content (AvgIpc) is 2.80. The van der Waals surface area contributed by atoms with E-state index in [-0.39, 0.29) is 28.8 Å². The molecule has 0 spiro atoms. The number of hydrogen-bond acceptors (Lipinski definition) is 6. The van der Waals surface area contributed by atoms with Crippen molar-refractivity contribution in [3.63, 3.8) is 0 Å². The molecule has 186 valence electrons. The average molecular weight is 536 g/mol. The first kappa shape index (κ1) is 26.6. The summed E-state index contributed by atoms with van der Waals surface area (Å²) in [5, 5.41) is 2.54. The second-order valence-electron chi connectivity index (χ2n) is 7.00. The van der Waals surface area contributed by atoms with Crippen LogP contribution in [0.3, 0.4) is 0 Å². The zero-order chi connectivity index (χ0) is 25.8. The first-order chi connectivity index (χ1) is 16.4. The molecule has 0 fully saturated rings. The van der Waals surface area contributed by atoms with E-state index in [1.807, 2.05) is 0 Å². The van der Waals surface area contributed by atoms with Gasteiger partial charge in [0.2, 0.25) is 0 Å². The minimum atomic E-state index is -5.18. The molecule has 1 atom stereocenters. The fraction of sp³-hybridized carbons (Fsp3) is 0.227. The predicted octanol–water partition coefficient (Wildman–Crippen LogP) is 6.80. The summed E-state index contributed by atoms with van der Waals surface area (Å²) in [5.41, 5.74) is -0.193. The maximum atomic E-state index is 13.0. The van der Waals surface area contributed by atoms with Crippen LogP contribution >= 0.6 is 23.4 Å². The summed E-state index contributed by atoms with van der Waals surface area (Å²) >= 11 is 6.95. The van der Waals surface area contributed by atoms with Crippen LogP contribution in [0.2, 0.25) is 5.02 Å². The Bertz CT molecular complexity index is 1190. The Hall–Kier alpha value is -2.99. The molecule has 13 heteroatoms. The number of benzene rings is 2. The number of nitrogens with one attached hydrogen (secondary N) is 1. The number of thioether (sulfide) groups is 1. The molecular formula is C22H16ClF6N3O2S. The molecule has 1 aromatic heterocycles. The highest BCUT2D eigenvalue weighted by atomic mass is 35.5. The van der Waals surface area contributed by atoms with Gasteiger partial charge in [0, 0.05) is 11.6 Å². The van der Waals surface area contributed by atoms with E-state index in [1.165, 1.54) is 24.3 Å². The number of rotatable bonds is 7. The third-order valence-corrected chi connectivity index (χ3v) is 5.44. The first-order valence-electron chi connectivity index (χ1n) is 9.75. The quantitative estimate of drug-likeness (QED) is 0.155. The van der Waals surface area contributed by atoms with Crippen LogP contribution in [0, 0.1) is 0 Å². The van der Waals surface area contributed by atoms with Crippen LogP contribution in [-0.2, 0) is 15.7 Å². The molecule has 0 aliphatic rings. The smallest absolute Gasteiger partial charge is 0.449 e.